The molecule has 0 aliphatic rings. The molecular weight excluding hydrogens is 256 g/mol. The van der Waals surface area contributed by atoms with Crippen LogP contribution < -0.4 is 16.6 Å². The third-order valence-corrected chi connectivity index (χ3v) is 3.35. The van der Waals surface area contributed by atoms with Crippen LogP contribution in [-0.4, -0.2) is 14.1 Å². The number of nitrogens with zero attached hydrogens (tertiary/aromatic N) is 3. The van der Waals surface area contributed by atoms with Crippen LogP contribution in [0.3, 0.4) is 0 Å². The lowest BCUT2D eigenvalue weighted by atomic mass is 10.2. The number of rotatable bonds is 4. The summed E-state index contributed by atoms with van der Waals surface area (Å²) in [7, 11) is 3.13. The average Bonchev–Trinajstić information content (AvgIpc) is 2.48. The van der Waals surface area contributed by atoms with Crippen LogP contribution >= 0.6 is 0 Å². The van der Waals surface area contributed by atoms with Crippen molar-refractivity contribution in [3.8, 4) is 0 Å². The molecule has 0 aromatic carbocycles. The van der Waals surface area contributed by atoms with Gasteiger partial charge in [-0.1, -0.05) is 6.07 Å². The van der Waals surface area contributed by atoms with Crippen molar-refractivity contribution in [2.24, 2.45) is 14.1 Å². The van der Waals surface area contributed by atoms with Gasteiger partial charge in [-0.15, -0.1) is 0 Å². The third kappa shape index (κ3) is 2.85. The molecule has 0 bridgehead atoms. The minimum atomic E-state index is -0.320. The van der Waals surface area contributed by atoms with Crippen LogP contribution in [0.4, 0.5) is 0 Å². The Morgan fingerprint density at radius 1 is 1.25 bits per heavy atom. The molecule has 0 saturated heterocycles. The van der Waals surface area contributed by atoms with Crippen LogP contribution in [0.15, 0.2) is 40.1 Å². The summed E-state index contributed by atoms with van der Waals surface area (Å²) in [6, 6.07) is 7.23. The summed E-state index contributed by atoms with van der Waals surface area (Å²) < 4.78 is 2.56. The second kappa shape index (κ2) is 5.83. The molecule has 0 aliphatic heterocycles. The van der Waals surface area contributed by atoms with Crippen LogP contribution in [0.1, 0.15) is 24.4 Å². The lowest BCUT2D eigenvalue weighted by Crippen LogP contribution is -2.39. The van der Waals surface area contributed by atoms with E-state index < -0.39 is 0 Å². The van der Waals surface area contributed by atoms with E-state index in [9.17, 15) is 9.59 Å². The highest BCUT2D eigenvalue weighted by Gasteiger charge is 2.09. The predicted octanol–water partition coefficient (Wildman–Crippen LogP) is 0.330. The van der Waals surface area contributed by atoms with Gasteiger partial charge in [0.25, 0.3) is 5.56 Å². The zero-order valence-corrected chi connectivity index (χ0v) is 11.8. The number of hydrogen-bond acceptors (Lipinski definition) is 4. The summed E-state index contributed by atoms with van der Waals surface area (Å²) in [6.07, 6.45) is 1.74. The lowest BCUT2D eigenvalue weighted by Gasteiger charge is -2.15. The standard InChI is InChI=1S/C14H18N4O2/c1-10(12-6-4-5-7-15-12)16-9-11-8-13(19)18(3)14(20)17(11)2/h4-8,10,16H,9H2,1-3H3/t10-/m0/s1. The smallest absolute Gasteiger partial charge is 0.303 e. The summed E-state index contributed by atoms with van der Waals surface area (Å²) in [5.41, 5.74) is 0.956. The molecule has 6 heteroatoms. The van der Waals surface area contributed by atoms with Crippen LogP contribution in [-0.2, 0) is 20.6 Å². The summed E-state index contributed by atoms with van der Waals surface area (Å²) in [5, 5.41) is 3.26. The largest absolute Gasteiger partial charge is 0.330 e. The number of pyridine rings is 1. The van der Waals surface area contributed by atoms with Gasteiger partial charge in [0, 0.05) is 44.6 Å². The summed E-state index contributed by atoms with van der Waals surface area (Å²) in [4.78, 5) is 27.7. The maximum Gasteiger partial charge on any atom is 0.330 e. The number of hydrogen-bond donors (Lipinski definition) is 1. The van der Waals surface area contributed by atoms with Gasteiger partial charge < -0.3 is 5.32 Å². The van der Waals surface area contributed by atoms with E-state index in [-0.39, 0.29) is 17.3 Å². The Kier molecular flexibility index (Phi) is 4.14. The first-order chi connectivity index (χ1) is 9.50. The van der Waals surface area contributed by atoms with Crippen molar-refractivity contribution in [3.05, 3.63) is 62.7 Å². The van der Waals surface area contributed by atoms with Crippen molar-refractivity contribution < 1.29 is 0 Å². The molecule has 0 saturated carbocycles. The van der Waals surface area contributed by atoms with Gasteiger partial charge in [0.1, 0.15) is 0 Å². The van der Waals surface area contributed by atoms with E-state index in [1.54, 1.807) is 13.2 Å². The Hall–Kier alpha value is -2.21. The Bertz CT molecular complexity index is 703. The fraction of sp³-hybridized carbons (Fsp3) is 0.357. The molecule has 0 spiro atoms. The predicted molar refractivity (Wildman–Crippen MR) is 76.4 cm³/mol. The first kappa shape index (κ1) is 14.2. The van der Waals surface area contributed by atoms with Crippen molar-refractivity contribution >= 4 is 0 Å². The zero-order chi connectivity index (χ0) is 14.7. The quantitative estimate of drug-likeness (QED) is 0.872. The lowest BCUT2D eigenvalue weighted by molar-refractivity contribution is 0.531. The molecular formula is C14H18N4O2. The molecule has 0 aliphatic carbocycles. The van der Waals surface area contributed by atoms with Gasteiger partial charge in [0.15, 0.2) is 0 Å². The van der Waals surface area contributed by atoms with Crippen LogP contribution in [0.25, 0.3) is 0 Å². The first-order valence-electron chi connectivity index (χ1n) is 6.41. The molecule has 0 amide bonds. The second-order valence-corrected chi connectivity index (χ2v) is 4.73. The molecule has 6 nitrogen and oxygen atoms in total. The Labute approximate surface area is 116 Å². The second-order valence-electron chi connectivity index (χ2n) is 4.73. The highest BCUT2D eigenvalue weighted by atomic mass is 16.2. The van der Waals surface area contributed by atoms with Gasteiger partial charge in [-0.2, -0.15) is 0 Å². The summed E-state index contributed by atoms with van der Waals surface area (Å²) in [6.45, 7) is 2.42. The van der Waals surface area contributed by atoms with E-state index in [4.69, 9.17) is 0 Å². The Morgan fingerprint density at radius 3 is 2.65 bits per heavy atom. The Balaban J connectivity index is 2.16. The first-order valence-corrected chi connectivity index (χ1v) is 6.41. The van der Waals surface area contributed by atoms with Gasteiger partial charge in [-0.05, 0) is 19.1 Å². The third-order valence-electron chi connectivity index (χ3n) is 3.35. The molecule has 20 heavy (non-hydrogen) atoms. The zero-order valence-electron chi connectivity index (χ0n) is 11.8. The van der Waals surface area contributed by atoms with Gasteiger partial charge >= 0.3 is 5.69 Å². The number of aromatic nitrogens is 3. The fourth-order valence-corrected chi connectivity index (χ4v) is 1.94. The van der Waals surface area contributed by atoms with Crippen LogP contribution in [0, 0.1) is 0 Å². The van der Waals surface area contributed by atoms with Gasteiger partial charge in [-0.3, -0.25) is 18.9 Å². The summed E-state index contributed by atoms with van der Waals surface area (Å²) >= 11 is 0. The molecule has 2 aromatic rings. The molecule has 0 unspecified atom stereocenters. The van der Waals surface area contributed by atoms with Gasteiger partial charge in [0.2, 0.25) is 0 Å². The minimum Gasteiger partial charge on any atom is -0.303 e. The van der Waals surface area contributed by atoms with Crippen molar-refractivity contribution in [3.63, 3.8) is 0 Å². The maximum atomic E-state index is 11.8. The van der Waals surface area contributed by atoms with Gasteiger partial charge in [-0.25, -0.2) is 4.79 Å². The van der Waals surface area contributed by atoms with Crippen LogP contribution in [0.5, 0.6) is 0 Å². The Morgan fingerprint density at radius 2 is 2.00 bits per heavy atom. The van der Waals surface area contributed by atoms with Crippen molar-refractivity contribution in [1.29, 1.82) is 0 Å². The summed E-state index contributed by atoms with van der Waals surface area (Å²) in [5.74, 6) is 0. The van der Waals surface area contributed by atoms with E-state index in [1.165, 1.54) is 17.7 Å². The van der Waals surface area contributed by atoms with Crippen LogP contribution in [0.2, 0.25) is 0 Å². The van der Waals surface area contributed by atoms with Crippen molar-refractivity contribution in [2.45, 2.75) is 19.5 Å². The molecule has 0 fully saturated rings. The molecule has 1 atom stereocenters. The highest BCUT2D eigenvalue weighted by Crippen LogP contribution is 2.08. The van der Waals surface area contributed by atoms with E-state index in [2.05, 4.69) is 10.3 Å². The maximum absolute atomic E-state index is 11.8. The molecule has 2 aromatic heterocycles. The van der Waals surface area contributed by atoms with E-state index >= 15 is 0 Å². The van der Waals surface area contributed by atoms with E-state index in [0.29, 0.717) is 12.2 Å². The highest BCUT2D eigenvalue weighted by molar-refractivity contribution is 5.09. The van der Waals surface area contributed by atoms with Crippen molar-refractivity contribution in [1.82, 2.24) is 19.4 Å². The fourth-order valence-electron chi connectivity index (χ4n) is 1.94. The normalized spacial score (nSPS) is 12.3. The minimum absolute atomic E-state index is 0.0374. The topological polar surface area (TPSA) is 68.9 Å². The SMILES string of the molecule is C[C@H](NCc1cc(=O)n(C)c(=O)n1C)c1ccccn1. The number of nitrogens with one attached hydrogen (secondary N) is 1. The molecule has 0 radical (unpaired) electrons. The molecule has 2 rings (SSSR count). The molecule has 1 N–H and O–H groups in total. The average molecular weight is 274 g/mol. The van der Waals surface area contributed by atoms with E-state index in [1.807, 2.05) is 25.1 Å². The van der Waals surface area contributed by atoms with Crippen molar-refractivity contribution in [2.75, 3.05) is 0 Å². The van der Waals surface area contributed by atoms with E-state index in [0.717, 1.165) is 10.3 Å². The van der Waals surface area contributed by atoms with Gasteiger partial charge in [0.05, 0.1) is 5.69 Å². The monoisotopic (exact) mass is 274 g/mol. The molecule has 106 valence electrons. The molecule has 2 heterocycles.